The maximum atomic E-state index is 12.9. The van der Waals surface area contributed by atoms with Crippen LogP contribution in [0.5, 0.6) is 0 Å². The van der Waals surface area contributed by atoms with Crippen molar-refractivity contribution in [2.75, 3.05) is 5.75 Å². The molecule has 0 heterocycles. The average Bonchev–Trinajstić information content (AvgIpc) is 3.03. The van der Waals surface area contributed by atoms with Crippen LogP contribution in [-0.2, 0) is 22.2 Å². The summed E-state index contributed by atoms with van der Waals surface area (Å²) >= 11 is 1.37. The molecule has 9 heteroatoms. The molecule has 1 aromatic rings. The van der Waals surface area contributed by atoms with E-state index in [1.165, 1.54) is 17.8 Å². The van der Waals surface area contributed by atoms with Crippen molar-refractivity contribution in [3.8, 4) is 0 Å². The predicted molar refractivity (Wildman–Crippen MR) is 116 cm³/mol. The predicted octanol–water partition coefficient (Wildman–Crippen LogP) is 4.33. The average molecular weight is 477 g/mol. The second-order valence-electron chi connectivity index (χ2n) is 8.47. The lowest BCUT2D eigenvalue weighted by Gasteiger charge is -2.24. The van der Waals surface area contributed by atoms with E-state index in [2.05, 4.69) is 0 Å². The number of unbranched alkanes of at least 4 members (excludes halogenated alkanes) is 3. The number of carboxylic acids is 1. The maximum Gasteiger partial charge on any atom is 0.416 e. The van der Waals surface area contributed by atoms with E-state index in [9.17, 15) is 33.0 Å². The van der Waals surface area contributed by atoms with Gasteiger partial charge in [-0.1, -0.05) is 37.5 Å². The summed E-state index contributed by atoms with van der Waals surface area (Å²) in [5.74, 6) is -0.862. The van der Waals surface area contributed by atoms with Gasteiger partial charge in [-0.05, 0) is 43.2 Å². The monoisotopic (exact) mass is 476 g/mol. The molecule has 0 amide bonds. The number of carbonyl (C=O) groups excluding carboxylic acids is 1. The topological polar surface area (TPSA) is 94.8 Å². The smallest absolute Gasteiger partial charge is 0.416 e. The lowest BCUT2D eigenvalue weighted by molar-refractivity contribution is -0.138. The summed E-state index contributed by atoms with van der Waals surface area (Å²) in [6.07, 6.45) is -0.717. The number of benzene rings is 1. The van der Waals surface area contributed by atoms with Gasteiger partial charge in [-0.25, -0.2) is 0 Å². The molecule has 1 fully saturated rings. The van der Waals surface area contributed by atoms with Crippen LogP contribution < -0.4 is 0 Å². The van der Waals surface area contributed by atoms with E-state index in [1.54, 1.807) is 6.07 Å². The number of rotatable bonds is 13. The SMILES string of the molecule is O=CC1CC(O)[C@H](SCC(O)Cc2cccc(C(F)(F)F)c2)[C@H]1CCCCCCC(=O)O. The molecule has 3 unspecified atom stereocenters. The number of halogens is 3. The van der Waals surface area contributed by atoms with Crippen molar-refractivity contribution in [2.24, 2.45) is 11.8 Å². The summed E-state index contributed by atoms with van der Waals surface area (Å²) in [6.45, 7) is 0. The van der Waals surface area contributed by atoms with Crippen LogP contribution in [0.15, 0.2) is 24.3 Å². The molecule has 1 saturated carbocycles. The Balaban J connectivity index is 1.85. The van der Waals surface area contributed by atoms with Crippen molar-refractivity contribution in [1.82, 2.24) is 0 Å². The van der Waals surface area contributed by atoms with E-state index in [-0.39, 0.29) is 35.7 Å². The third kappa shape index (κ3) is 8.41. The molecule has 3 N–H and O–H groups in total. The second kappa shape index (κ2) is 12.6. The second-order valence-corrected chi connectivity index (χ2v) is 9.68. The summed E-state index contributed by atoms with van der Waals surface area (Å²) in [4.78, 5) is 22.0. The first-order valence-electron chi connectivity index (χ1n) is 10.9. The minimum Gasteiger partial charge on any atom is -0.481 e. The Labute approximate surface area is 190 Å². The van der Waals surface area contributed by atoms with Gasteiger partial charge < -0.3 is 20.1 Å². The summed E-state index contributed by atoms with van der Waals surface area (Å²) in [7, 11) is 0. The number of alkyl halides is 3. The van der Waals surface area contributed by atoms with Gasteiger partial charge in [0.15, 0.2) is 0 Å². The zero-order valence-electron chi connectivity index (χ0n) is 17.8. The van der Waals surface area contributed by atoms with Crippen LogP contribution >= 0.6 is 11.8 Å². The van der Waals surface area contributed by atoms with E-state index in [4.69, 9.17) is 5.11 Å². The number of carboxylic acid groups (broad SMARTS) is 1. The molecule has 2 rings (SSSR count). The Bertz CT molecular complexity index is 743. The van der Waals surface area contributed by atoms with Crippen molar-refractivity contribution in [1.29, 1.82) is 0 Å². The van der Waals surface area contributed by atoms with Crippen LogP contribution in [0.2, 0.25) is 0 Å². The molecule has 0 aliphatic heterocycles. The fourth-order valence-corrected chi connectivity index (χ4v) is 5.80. The highest BCUT2D eigenvalue weighted by molar-refractivity contribution is 8.00. The first kappa shape index (κ1) is 26.7. The molecule has 180 valence electrons. The fraction of sp³-hybridized carbons (Fsp3) is 0.652. The van der Waals surface area contributed by atoms with Crippen LogP contribution in [0, 0.1) is 11.8 Å². The zero-order valence-corrected chi connectivity index (χ0v) is 18.7. The number of aliphatic carboxylic acids is 1. The molecule has 1 aliphatic rings. The Morgan fingerprint density at radius 2 is 1.94 bits per heavy atom. The van der Waals surface area contributed by atoms with Gasteiger partial charge in [0.05, 0.1) is 17.8 Å². The van der Waals surface area contributed by atoms with Crippen LogP contribution in [-0.4, -0.2) is 50.8 Å². The highest BCUT2D eigenvalue weighted by Crippen LogP contribution is 2.42. The number of aldehydes is 1. The van der Waals surface area contributed by atoms with Gasteiger partial charge >= 0.3 is 12.1 Å². The van der Waals surface area contributed by atoms with Crippen molar-refractivity contribution in [3.63, 3.8) is 0 Å². The maximum absolute atomic E-state index is 12.9. The molecular weight excluding hydrogens is 445 g/mol. The summed E-state index contributed by atoms with van der Waals surface area (Å²) in [5, 5.41) is 29.3. The van der Waals surface area contributed by atoms with E-state index in [0.717, 1.165) is 44.1 Å². The van der Waals surface area contributed by atoms with E-state index in [0.29, 0.717) is 18.4 Å². The standard InChI is InChI=1S/C23H31F3O5S/c24-23(25,26)17-7-5-6-15(10-17)11-18(28)14-32-22-19(16(13-27)12-20(22)29)8-3-1-2-4-9-21(30)31/h5-7,10,13,16,18-20,22,28-29H,1-4,8-9,11-12,14H2,(H,30,31)/t16?,18?,19-,20?,22+/m0/s1. The summed E-state index contributed by atoms with van der Waals surface area (Å²) in [5.41, 5.74) is -0.359. The lowest BCUT2D eigenvalue weighted by Crippen LogP contribution is -2.26. The van der Waals surface area contributed by atoms with Crippen molar-refractivity contribution in [2.45, 2.75) is 75.0 Å². The molecule has 0 bridgehead atoms. The number of carbonyl (C=O) groups is 2. The van der Waals surface area contributed by atoms with E-state index >= 15 is 0 Å². The molecule has 0 saturated heterocycles. The van der Waals surface area contributed by atoms with Gasteiger partial charge in [0.25, 0.3) is 0 Å². The third-order valence-electron chi connectivity index (χ3n) is 5.92. The van der Waals surface area contributed by atoms with Gasteiger partial charge in [0.2, 0.25) is 0 Å². The normalized spacial score (nSPS) is 24.4. The molecule has 5 atom stereocenters. The van der Waals surface area contributed by atoms with E-state index in [1.807, 2.05) is 0 Å². The molecule has 0 aromatic heterocycles. The Morgan fingerprint density at radius 1 is 1.22 bits per heavy atom. The number of hydrogen-bond donors (Lipinski definition) is 3. The lowest BCUT2D eigenvalue weighted by atomic mass is 9.91. The third-order valence-corrected chi connectivity index (χ3v) is 7.55. The first-order valence-corrected chi connectivity index (χ1v) is 12.0. The highest BCUT2D eigenvalue weighted by atomic mass is 32.2. The number of hydrogen-bond acceptors (Lipinski definition) is 5. The number of aliphatic hydroxyl groups is 2. The minimum atomic E-state index is -4.44. The highest BCUT2D eigenvalue weighted by Gasteiger charge is 2.42. The van der Waals surface area contributed by atoms with Crippen LogP contribution in [0.3, 0.4) is 0 Å². The molecule has 1 aromatic carbocycles. The molecule has 0 spiro atoms. The molecule has 1 aliphatic carbocycles. The fourth-order valence-electron chi connectivity index (χ4n) is 4.32. The van der Waals surface area contributed by atoms with Crippen molar-refractivity contribution < 1.29 is 38.1 Å². The quantitative estimate of drug-likeness (QED) is 0.290. The van der Waals surface area contributed by atoms with Crippen LogP contribution in [0.4, 0.5) is 13.2 Å². The van der Waals surface area contributed by atoms with Gasteiger partial charge in [-0.3, -0.25) is 4.79 Å². The van der Waals surface area contributed by atoms with Crippen LogP contribution in [0.25, 0.3) is 0 Å². The Kier molecular flexibility index (Phi) is 10.5. The van der Waals surface area contributed by atoms with Crippen molar-refractivity contribution in [3.05, 3.63) is 35.4 Å². The molecule has 32 heavy (non-hydrogen) atoms. The summed E-state index contributed by atoms with van der Waals surface area (Å²) < 4.78 is 38.6. The molecule has 0 radical (unpaired) electrons. The molecule has 5 nitrogen and oxygen atoms in total. The summed E-state index contributed by atoms with van der Waals surface area (Å²) in [6, 6.07) is 4.89. The van der Waals surface area contributed by atoms with E-state index < -0.39 is 29.9 Å². The Morgan fingerprint density at radius 3 is 2.59 bits per heavy atom. The van der Waals surface area contributed by atoms with Crippen LogP contribution in [0.1, 0.15) is 56.1 Å². The zero-order chi connectivity index (χ0) is 23.7. The van der Waals surface area contributed by atoms with Gasteiger partial charge in [0.1, 0.15) is 6.29 Å². The van der Waals surface area contributed by atoms with Gasteiger partial charge in [-0.15, -0.1) is 0 Å². The molecular formula is C23H31F3O5S. The van der Waals surface area contributed by atoms with Crippen molar-refractivity contribution >= 4 is 24.0 Å². The first-order chi connectivity index (χ1) is 15.1. The number of aliphatic hydroxyl groups excluding tert-OH is 2. The Hall–Kier alpha value is -1.58. The van der Waals surface area contributed by atoms with Gasteiger partial charge in [-0.2, -0.15) is 24.9 Å². The number of thioether (sulfide) groups is 1. The minimum absolute atomic E-state index is 0.0345. The van der Waals surface area contributed by atoms with Gasteiger partial charge in [0, 0.05) is 23.3 Å². The largest absolute Gasteiger partial charge is 0.481 e.